The van der Waals surface area contributed by atoms with E-state index in [0.29, 0.717) is 5.75 Å². The van der Waals surface area contributed by atoms with Crippen LogP contribution in [0.15, 0.2) is 42.5 Å². The molecule has 0 unspecified atom stereocenters. The molecule has 0 fully saturated rings. The number of hydrogen-bond acceptors (Lipinski definition) is 4. The number of benzene rings is 2. The van der Waals surface area contributed by atoms with Gasteiger partial charge in [0.1, 0.15) is 5.75 Å². The Kier molecular flexibility index (Phi) is 4.67. The van der Waals surface area contributed by atoms with Crippen molar-refractivity contribution >= 4 is 11.6 Å². The molecule has 0 spiro atoms. The number of ether oxygens (including phenoxy) is 1. The van der Waals surface area contributed by atoms with Gasteiger partial charge in [-0.05, 0) is 18.2 Å². The first-order valence-corrected chi connectivity index (χ1v) is 6.37. The number of rotatable bonds is 5. The Morgan fingerprint density at radius 3 is 2.73 bits per heavy atom. The van der Waals surface area contributed by atoms with Gasteiger partial charge in [-0.3, -0.25) is 14.9 Å². The Labute approximate surface area is 125 Å². The molecule has 0 saturated heterocycles. The molecule has 1 amide bonds. The minimum atomic E-state index is -0.980. The summed E-state index contributed by atoms with van der Waals surface area (Å²) >= 11 is 0. The van der Waals surface area contributed by atoms with Crippen molar-refractivity contribution in [3.8, 4) is 5.75 Å². The molecule has 0 radical (unpaired) electrons. The summed E-state index contributed by atoms with van der Waals surface area (Å²) in [7, 11) is 1.52. The highest BCUT2D eigenvalue weighted by molar-refractivity contribution is 5.94. The van der Waals surface area contributed by atoms with Crippen LogP contribution >= 0.6 is 0 Å². The van der Waals surface area contributed by atoms with Crippen molar-refractivity contribution in [1.29, 1.82) is 0 Å². The standard InChI is InChI=1S/C15H13FN2O4/c1-22-14-5-3-2-4-11(14)9-17-15(19)10-6-7-12(16)13(8-10)18(20)21/h2-8H,9H2,1H3,(H,17,19). The number of nitro benzene ring substituents is 1. The highest BCUT2D eigenvalue weighted by Crippen LogP contribution is 2.19. The number of carbonyl (C=O) groups is 1. The highest BCUT2D eigenvalue weighted by atomic mass is 19.1. The summed E-state index contributed by atoms with van der Waals surface area (Å²) in [4.78, 5) is 21.8. The van der Waals surface area contributed by atoms with E-state index in [1.165, 1.54) is 13.2 Å². The van der Waals surface area contributed by atoms with E-state index in [0.717, 1.165) is 17.7 Å². The minimum absolute atomic E-state index is 0.0167. The Balaban J connectivity index is 2.13. The molecule has 1 N–H and O–H groups in total. The van der Waals surface area contributed by atoms with Crippen LogP contribution in [0.2, 0.25) is 0 Å². The zero-order valence-electron chi connectivity index (χ0n) is 11.7. The maximum absolute atomic E-state index is 13.2. The summed E-state index contributed by atoms with van der Waals surface area (Å²) in [6.45, 7) is 0.189. The maximum atomic E-state index is 13.2. The summed E-state index contributed by atoms with van der Waals surface area (Å²) < 4.78 is 18.4. The van der Waals surface area contributed by atoms with Crippen LogP contribution in [0.4, 0.5) is 10.1 Å². The number of halogens is 1. The molecule has 0 saturated carbocycles. The molecule has 22 heavy (non-hydrogen) atoms. The van der Waals surface area contributed by atoms with E-state index in [1.807, 2.05) is 0 Å². The SMILES string of the molecule is COc1ccccc1CNC(=O)c1ccc(F)c([N+](=O)[O-])c1. The smallest absolute Gasteiger partial charge is 0.305 e. The monoisotopic (exact) mass is 304 g/mol. The second-order valence-corrected chi connectivity index (χ2v) is 4.42. The molecular weight excluding hydrogens is 291 g/mol. The molecular formula is C15H13FN2O4. The average Bonchev–Trinajstić information content (AvgIpc) is 2.53. The Hall–Kier alpha value is -2.96. The van der Waals surface area contributed by atoms with Crippen LogP contribution in [0.5, 0.6) is 5.75 Å². The molecule has 2 aromatic carbocycles. The molecule has 6 nitrogen and oxygen atoms in total. The van der Waals surface area contributed by atoms with Crippen LogP contribution < -0.4 is 10.1 Å². The first-order chi connectivity index (χ1) is 10.5. The van der Waals surface area contributed by atoms with Gasteiger partial charge in [0, 0.05) is 23.7 Å². The number of amides is 1. The lowest BCUT2D eigenvalue weighted by atomic mass is 10.1. The van der Waals surface area contributed by atoms with Crippen molar-refractivity contribution in [3.05, 3.63) is 69.5 Å². The third-order valence-corrected chi connectivity index (χ3v) is 3.04. The predicted molar refractivity (Wildman–Crippen MR) is 77.2 cm³/mol. The maximum Gasteiger partial charge on any atom is 0.305 e. The largest absolute Gasteiger partial charge is 0.496 e. The quantitative estimate of drug-likeness (QED) is 0.680. The molecule has 0 aliphatic carbocycles. The van der Waals surface area contributed by atoms with Gasteiger partial charge >= 0.3 is 5.69 Å². The molecule has 0 aliphatic heterocycles. The average molecular weight is 304 g/mol. The molecule has 0 bridgehead atoms. The summed E-state index contributed by atoms with van der Waals surface area (Å²) in [6.07, 6.45) is 0. The second kappa shape index (κ2) is 6.66. The summed E-state index contributed by atoms with van der Waals surface area (Å²) in [5.74, 6) is -0.895. The number of para-hydroxylation sites is 1. The predicted octanol–water partition coefficient (Wildman–Crippen LogP) is 2.67. The number of methoxy groups -OCH3 is 1. The van der Waals surface area contributed by atoms with Gasteiger partial charge in [-0.2, -0.15) is 4.39 Å². The number of nitro groups is 1. The van der Waals surface area contributed by atoms with E-state index < -0.39 is 22.3 Å². The van der Waals surface area contributed by atoms with Gasteiger partial charge < -0.3 is 10.1 Å². The van der Waals surface area contributed by atoms with Crippen LogP contribution in [0.25, 0.3) is 0 Å². The molecule has 0 atom stereocenters. The molecule has 114 valence electrons. The van der Waals surface area contributed by atoms with Crippen molar-refractivity contribution < 1.29 is 18.8 Å². The normalized spacial score (nSPS) is 10.1. The number of carbonyl (C=O) groups excluding carboxylic acids is 1. The van der Waals surface area contributed by atoms with Crippen LogP contribution in [0.3, 0.4) is 0 Å². The number of nitrogens with zero attached hydrogens (tertiary/aromatic N) is 1. The van der Waals surface area contributed by atoms with Gasteiger partial charge in [0.15, 0.2) is 0 Å². The molecule has 0 aliphatic rings. The first-order valence-electron chi connectivity index (χ1n) is 6.37. The number of hydrogen-bond donors (Lipinski definition) is 1. The van der Waals surface area contributed by atoms with Crippen molar-refractivity contribution in [2.45, 2.75) is 6.54 Å². The van der Waals surface area contributed by atoms with Crippen molar-refractivity contribution in [1.82, 2.24) is 5.32 Å². The van der Waals surface area contributed by atoms with E-state index in [2.05, 4.69) is 5.32 Å². The molecule has 0 aromatic heterocycles. The van der Waals surface area contributed by atoms with Gasteiger partial charge in [-0.15, -0.1) is 0 Å². The van der Waals surface area contributed by atoms with Crippen molar-refractivity contribution in [2.24, 2.45) is 0 Å². The molecule has 2 aromatic rings. The van der Waals surface area contributed by atoms with Gasteiger partial charge in [-0.25, -0.2) is 0 Å². The molecule has 0 heterocycles. The van der Waals surface area contributed by atoms with E-state index in [9.17, 15) is 19.3 Å². The third-order valence-electron chi connectivity index (χ3n) is 3.04. The lowest BCUT2D eigenvalue weighted by Crippen LogP contribution is -2.23. The van der Waals surface area contributed by atoms with Crippen molar-refractivity contribution in [3.63, 3.8) is 0 Å². The van der Waals surface area contributed by atoms with Crippen molar-refractivity contribution in [2.75, 3.05) is 7.11 Å². The Morgan fingerprint density at radius 1 is 1.32 bits per heavy atom. The van der Waals surface area contributed by atoms with Gasteiger partial charge in [0.05, 0.1) is 12.0 Å². The van der Waals surface area contributed by atoms with E-state index in [4.69, 9.17) is 4.74 Å². The van der Waals surface area contributed by atoms with Crippen LogP contribution in [-0.4, -0.2) is 17.9 Å². The minimum Gasteiger partial charge on any atom is -0.496 e. The third kappa shape index (κ3) is 3.38. The first kappa shape index (κ1) is 15.4. The number of nitrogens with one attached hydrogen (secondary N) is 1. The Morgan fingerprint density at radius 2 is 2.05 bits per heavy atom. The van der Waals surface area contributed by atoms with E-state index >= 15 is 0 Å². The topological polar surface area (TPSA) is 81.5 Å². The van der Waals surface area contributed by atoms with E-state index in [-0.39, 0.29) is 12.1 Å². The molecule has 7 heteroatoms. The van der Waals surface area contributed by atoms with Gasteiger partial charge in [0.25, 0.3) is 5.91 Å². The van der Waals surface area contributed by atoms with E-state index in [1.54, 1.807) is 24.3 Å². The fourth-order valence-corrected chi connectivity index (χ4v) is 1.92. The fraction of sp³-hybridized carbons (Fsp3) is 0.133. The zero-order chi connectivity index (χ0) is 16.1. The van der Waals surface area contributed by atoms with Gasteiger partial charge in [-0.1, -0.05) is 18.2 Å². The molecule has 2 rings (SSSR count). The summed E-state index contributed by atoms with van der Waals surface area (Å²) in [6, 6.07) is 10.1. The lowest BCUT2D eigenvalue weighted by Gasteiger charge is -2.09. The summed E-state index contributed by atoms with van der Waals surface area (Å²) in [5, 5.41) is 13.3. The zero-order valence-corrected chi connectivity index (χ0v) is 11.7. The van der Waals surface area contributed by atoms with Gasteiger partial charge in [0.2, 0.25) is 5.82 Å². The van der Waals surface area contributed by atoms with Crippen LogP contribution in [0, 0.1) is 15.9 Å². The van der Waals surface area contributed by atoms with Crippen LogP contribution in [0.1, 0.15) is 15.9 Å². The second-order valence-electron chi connectivity index (χ2n) is 4.42. The highest BCUT2D eigenvalue weighted by Gasteiger charge is 2.17. The Bertz CT molecular complexity index is 718. The fourth-order valence-electron chi connectivity index (χ4n) is 1.92. The van der Waals surface area contributed by atoms with Crippen LogP contribution in [-0.2, 0) is 6.54 Å². The summed E-state index contributed by atoms with van der Waals surface area (Å²) in [5.41, 5.74) is 0.0444. The lowest BCUT2D eigenvalue weighted by molar-refractivity contribution is -0.387.